The van der Waals surface area contributed by atoms with Crippen molar-refractivity contribution < 1.29 is 14.0 Å². The molecule has 0 aliphatic heterocycles. The second-order valence-electron chi connectivity index (χ2n) is 6.81. The molecule has 0 bridgehead atoms. The van der Waals surface area contributed by atoms with Crippen molar-refractivity contribution in [2.24, 2.45) is 0 Å². The van der Waals surface area contributed by atoms with Crippen molar-refractivity contribution in [2.75, 3.05) is 13.7 Å². The van der Waals surface area contributed by atoms with Gasteiger partial charge in [0.25, 0.3) is 0 Å². The Morgan fingerprint density at radius 1 is 0.909 bits per heavy atom. The molecule has 130 valence electrons. The summed E-state index contributed by atoms with van der Waals surface area (Å²) in [7, 11) is 0.525. The summed E-state index contributed by atoms with van der Waals surface area (Å²) in [4.78, 5) is 11.2. The van der Waals surface area contributed by atoms with E-state index >= 15 is 0 Å². The summed E-state index contributed by atoms with van der Waals surface area (Å²) >= 11 is 0. The lowest BCUT2D eigenvalue weighted by molar-refractivity contribution is -0.139. The zero-order valence-corrected chi connectivity index (χ0v) is 16.2. The van der Waals surface area contributed by atoms with Crippen LogP contribution in [0.25, 0.3) is 0 Å². The molecule has 0 saturated carbocycles. The molecular formula is C18H36O3Si. The molecule has 0 heterocycles. The van der Waals surface area contributed by atoms with Crippen molar-refractivity contribution in [1.82, 2.24) is 0 Å². The summed E-state index contributed by atoms with van der Waals surface area (Å²) in [5, 5.41) is 0. The second-order valence-corrected chi connectivity index (χ2v) is 11.2. The van der Waals surface area contributed by atoms with E-state index in [4.69, 9.17) is 9.16 Å². The lowest BCUT2D eigenvalue weighted by atomic mass is 10.1. The number of hydrogen-bond donors (Lipinski definition) is 0. The van der Waals surface area contributed by atoms with E-state index in [-0.39, 0.29) is 5.97 Å². The van der Waals surface area contributed by atoms with E-state index in [2.05, 4.69) is 19.7 Å². The van der Waals surface area contributed by atoms with Crippen LogP contribution in [0.5, 0.6) is 0 Å². The van der Waals surface area contributed by atoms with Crippen LogP contribution in [0.4, 0.5) is 0 Å². The summed E-state index contributed by atoms with van der Waals surface area (Å²) in [6, 6.07) is 1.28. The van der Waals surface area contributed by atoms with Gasteiger partial charge < -0.3 is 9.16 Å². The predicted molar refractivity (Wildman–Crippen MR) is 96.6 cm³/mol. The van der Waals surface area contributed by atoms with Crippen LogP contribution in [0.1, 0.15) is 64.7 Å². The Balaban J connectivity index is 3.21. The average Bonchev–Trinajstić information content (AvgIpc) is 2.47. The standard InChI is InChI=1S/C18H36O3Si/c1-17(2)18(19)21-15-13-11-9-7-6-8-10-12-14-16-22(4,5)20-3/h1,6-16H2,2-5H3. The van der Waals surface area contributed by atoms with Crippen LogP contribution in [-0.2, 0) is 14.0 Å². The van der Waals surface area contributed by atoms with Crippen LogP contribution in [-0.4, -0.2) is 28.0 Å². The summed E-state index contributed by atoms with van der Waals surface area (Å²) in [6.07, 6.45) is 11.4. The van der Waals surface area contributed by atoms with E-state index in [1.165, 1.54) is 51.0 Å². The Labute approximate surface area is 138 Å². The van der Waals surface area contributed by atoms with E-state index < -0.39 is 8.32 Å². The van der Waals surface area contributed by atoms with Gasteiger partial charge in [-0.15, -0.1) is 0 Å². The maximum absolute atomic E-state index is 11.2. The highest BCUT2D eigenvalue weighted by atomic mass is 28.4. The molecule has 0 rings (SSSR count). The largest absolute Gasteiger partial charge is 0.462 e. The van der Waals surface area contributed by atoms with Crippen LogP contribution < -0.4 is 0 Å². The smallest absolute Gasteiger partial charge is 0.333 e. The first-order valence-electron chi connectivity index (χ1n) is 8.77. The van der Waals surface area contributed by atoms with E-state index in [9.17, 15) is 4.79 Å². The Morgan fingerprint density at radius 3 is 1.82 bits per heavy atom. The minimum Gasteiger partial charge on any atom is -0.462 e. The van der Waals surface area contributed by atoms with E-state index in [1.807, 2.05) is 7.11 Å². The number of esters is 1. The number of carbonyl (C=O) groups is 1. The fraction of sp³-hybridized carbons (Fsp3) is 0.833. The third-order valence-electron chi connectivity index (χ3n) is 4.06. The number of rotatable bonds is 14. The second kappa shape index (κ2) is 12.9. The minimum absolute atomic E-state index is 0.264. The molecule has 0 amide bonds. The molecular weight excluding hydrogens is 292 g/mol. The molecule has 0 spiro atoms. The van der Waals surface area contributed by atoms with E-state index in [0.29, 0.717) is 12.2 Å². The van der Waals surface area contributed by atoms with Gasteiger partial charge in [-0.2, -0.15) is 0 Å². The maximum atomic E-state index is 11.2. The molecule has 0 aromatic rings. The summed E-state index contributed by atoms with van der Waals surface area (Å²) in [5.41, 5.74) is 0.483. The molecule has 22 heavy (non-hydrogen) atoms. The summed E-state index contributed by atoms with van der Waals surface area (Å²) in [6.45, 7) is 10.4. The molecule has 0 aliphatic rings. The van der Waals surface area contributed by atoms with Gasteiger partial charge in [0, 0.05) is 12.7 Å². The Bertz CT molecular complexity index is 313. The Morgan fingerprint density at radius 2 is 1.36 bits per heavy atom. The van der Waals surface area contributed by atoms with Crippen molar-refractivity contribution >= 4 is 14.3 Å². The van der Waals surface area contributed by atoms with Crippen LogP contribution >= 0.6 is 0 Å². The van der Waals surface area contributed by atoms with Gasteiger partial charge in [0.1, 0.15) is 0 Å². The first-order valence-corrected chi connectivity index (χ1v) is 11.9. The molecule has 0 unspecified atom stereocenters. The third kappa shape index (κ3) is 13.1. The van der Waals surface area contributed by atoms with Crippen LogP contribution in [0.3, 0.4) is 0 Å². The normalized spacial score (nSPS) is 11.5. The minimum atomic E-state index is -1.33. The first kappa shape index (κ1) is 21.4. The molecule has 3 nitrogen and oxygen atoms in total. The molecule has 0 aromatic carbocycles. The maximum Gasteiger partial charge on any atom is 0.333 e. The molecule has 0 N–H and O–H groups in total. The number of ether oxygens (including phenoxy) is 1. The third-order valence-corrected chi connectivity index (χ3v) is 6.72. The van der Waals surface area contributed by atoms with Gasteiger partial charge in [-0.05, 0) is 32.5 Å². The molecule has 0 radical (unpaired) electrons. The lowest BCUT2D eigenvalue weighted by Crippen LogP contribution is -2.27. The van der Waals surface area contributed by atoms with Crippen molar-refractivity contribution in [1.29, 1.82) is 0 Å². The van der Waals surface area contributed by atoms with Crippen LogP contribution in [0.2, 0.25) is 19.1 Å². The van der Waals surface area contributed by atoms with E-state index in [1.54, 1.807) is 6.92 Å². The van der Waals surface area contributed by atoms with Gasteiger partial charge in [0.2, 0.25) is 0 Å². The number of hydrogen-bond acceptors (Lipinski definition) is 3. The van der Waals surface area contributed by atoms with Crippen molar-refractivity contribution in [3.8, 4) is 0 Å². The number of carbonyl (C=O) groups excluding carboxylic acids is 1. The summed E-state index contributed by atoms with van der Waals surface area (Å²) in [5.74, 6) is -0.264. The predicted octanol–water partition coefficient (Wildman–Crippen LogP) is 5.47. The van der Waals surface area contributed by atoms with Crippen LogP contribution in [0.15, 0.2) is 12.2 Å². The zero-order chi connectivity index (χ0) is 16.8. The fourth-order valence-electron chi connectivity index (χ4n) is 2.28. The van der Waals surface area contributed by atoms with Gasteiger partial charge in [0.05, 0.1) is 6.61 Å². The number of unbranched alkanes of at least 4 members (excludes halogenated alkanes) is 8. The molecule has 0 atom stereocenters. The Kier molecular flexibility index (Phi) is 12.5. The zero-order valence-electron chi connectivity index (χ0n) is 15.2. The molecule has 0 aliphatic carbocycles. The van der Waals surface area contributed by atoms with Crippen LogP contribution in [0, 0.1) is 0 Å². The highest BCUT2D eigenvalue weighted by Gasteiger charge is 2.18. The lowest BCUT2D eigenvalue weighted by Gasteiger charge is -2.19. The van der Waals surface area contributed by atoms with Gasteiger partial charge >= 0.3 is 5.97 Å². The topological polar surface area (TPSA) is 35.5 Å². The molecule has 4 heteroatoms. The Hall–Kier alpha value is -0.613. The molecule has 0 fully saturated rings. The summed E-state index contributed by atoms with van der Waals surface area (Å²) < 4.78 is 10.6. The molecule has 0 saturated heterocycles. The fourth-order valence-corrected chi connectivity index (χ4v) is 3.59. The highest BCUT2D eigenvalue weighted by Crippen LogP contribution is 2.16. The van der Waals surface area contributed by atoms with Gasteiger partial charge in [-0.1, -0.05) is 57.9 Å². The molecule has 0 aromatic heterocycles. The van der Waals surface area contributed by atoms with Gasteiger partial charge in [0.15, 0.2) is 8.32 Å². The van der Waals surface area contributed by atoms with Gasteiger partial charge in [-0.25, -0.2) is 4.79 Å². The van der Waals surface area contributed by atoms with Gasteiger partial charge in [-0.3, -0.25) is 0 Å². The monoisotopic (exact) mass is 328 g/mol. The van der Waals surface area contributed by atoms with Crippen molar-refractivity contribution in [3.05, 3.63) is 12.2 Å². The van der Waals surface area contributed by atoms with Crippen molar-refractivity contribution in [3.63, 3.8) is 0 Å². The SMILES string of the molecule is C=C(C)C(=O)OCCCCCCCCCCC[Si](C)(C)OC. The highest BCUT2D eigenvalue weighted by molar-refractivity contribution is 6.71. The van der Waals surface area contributed by atoms with Crippen molar-refractivity contribution in [2.45, 2.75) is 83.8 Å². The van der Waals surface area contributed by atoms with E-state index in [0.717, 1.165) is 12.8 Å². The average molecular weight is 329 g/mol. The quantitative estimate of drug-likeness (QED) is 0.184. The first-order chi connectivity index (χ1) is 10.4.